The van der Waals surface area contributed by atoms with Gasteiger partial charge in [-0.2, -0.15) is 0 Å². The summed E-state index contributed by atoms with van der Waals surface area (Å²) < 4.78 is 0. The number of para-hydroxylation sites is 1. The second-order valence-corrected chi connectivity index (χ2v) is 6.98. The van der Waals surface area contributed by atoms with Crippen molar-refractivity contribution in [3.63, 3.8) is 0 Å². The zero-order chi connectivity index (χ0) is 19.8. The van der Waals surface area contributed by atoms with E-state index in [2.05, 4.69) is 20.9 Å². The molecule has 0 fully saturated rings. The molecule has 0 saturated carbocycles. The van der Waals surface area contributed by atoms with Crippen molar-refractivity contribution in [2.24, 2.45) is 0 Å². The van der Waals surface area contributed by atoms with Crippen molar-refractivity contribution in [3.8, 4) is 0 Å². The van der Waals surface area contributed by atoms with Gasteiger partial charge in [0.05, 0.1) is 12.1 Å². The third-order valence-corrected chi connectivity index (χ3v) is 4.81. The van der Waals surface area contributed by atoms with Crippen LogP contribution in [0.2, 0.25) is 0 Å². The molecular formula is C21H22N4O2S. The smallest absolute Gasteiger partial charge is 0.257 e. The predicted octanol–water partition coefficient (Wildman–Crippen LogP) is 3.69. The maximum atomic E-state index is 12.4. The predicted molar refractivity (Wildman–Crippen MR) is 113 cm³/mol. The lowest BCUT2D eigenvalue weighted by molar-refractivity contribution is -0.115. The Labute approximate surface area is 168 Å². The number of carbonyl (C=O) groups is 2. The fraction of sp³-hybridized carbons (Fsp3) is 0.190. The average molecular weight is 395 g/mol. The number of hydrogen-bond acceptors (Lipinski definition) is 5. The average Bonchev–Trinajstić information content (AvgIpc) is 3.14. The number of rotatable bonds is 8. The molecule has 2 amide bonds. The lowest BCUT2D eigenvalue weighted by Crippen LogP contribution is -2.18. The Hall–Kier alpha value is -3.03. The molecule has 7 heteroatoms. The fourth-order valence-corrected chi connectivity index (χ4v) is 3.32. The molecule has 6 nitrogen and oxygen atoms in total. The van der Waals surface area contributed by atoms with E-state index in [4.69, 9.17) is 0 Å². The topological polar surface area (TPSA) is 83.1 Å². The van der Waals surface area contributed by atoms with Crippen molar-refractivity contribution >= 4 is 34.0 Å². The van der Waals surface area contributed by atoms with Crippen LogP contribution in [0.3, 0.4) is 0 Å². The highest BCUT2D eigenvalue weighted by Gasteiger charge is 2.12. The van der Waals surface area contributed by atoms with Crippen LogP contribution in [0.5, 0.6) is 0 Å². The summed E-state index contributed by atoms with van der Waals surface area (Å²) in [6.45, 7) is 3.59. The molecule has 3 aromatic rings. The Morgan fingerprint density at radius 1 is 1.00 bits per heavy atom. The molecule has 0 radical (unpaired) electrons. The number of anilines is 2. The van der Waals surface area contributed by atoms with Crippen molar-refractivity contribution in [1.29, 1.82) is 0 Å². The van der Waals surface area contributed by atoms with E-state index >= 15 is 0 Å². The van der Waals surface area contributed by atoms with Gasteiger partial charge < -0.3 is 10.6 Å². The molecule has 0 unspecified atom stereocenters. The summed E-state index contributed by atoms with van der Waals surface area (Å²) >= 11 is 1.30. The van der Waals surface area contributed by atoms with Crippen LogP contribution in [0, 0.1) is 0 Å². The molecule has 144 valence electrons. The Bertz CT molecular complexity index is 940. The summed E-state index contributed by atoms with van der Waals surface area (Å²) in [5.41, 5.74) is 3.01. The van der Waals surface area contributed by atoms with Gasteiger partial charge >= 0.3 is 0 Å². The normalized spacial score (nSPS) is 10.5. The molecule has 3 rings (SSSR count). The molecule has 1 heterocycles. The number of thiazole rings is 1. The highest BCUT2D eigenvalue weighted by Crippen LogP contribution is 2.19. The Morgan fingerprint density at radius 3 is 2.54 bits per heavy atom. The lowest BCUT2D eigenvalue weighted by Gasteiger charge is -2.11. The second-order valence-electron chi connectivity index (χ2n) is 6.13. The zero-order valence-corrected chi connectivity index (χ0v) is 16.4. The number of carbonyl (C=O) groups excluding carboxylic acids is 2. The fourth-order valence-electron chi connectivity index (χ4n) is 2.62. The Morgan fingerprint density at radius 2 is 1.75 bits per heavy atom. The van der Waals surface area contributed by atoms with Gasteiger partial charge in [0.1, 0.15) is 0 Å². The number of nitrogens with one attached hydrogen (secondary N) is 3. The van der Waals surface area contributed by atoms with Gasteiger partial charge in [0.2, 0.25) is 5.91 Å². The maximum absolute atomic E-state index is 12.4. The summed E-state index contributed by atoms with van der Waals surface area (Å²) in [6, 6.07) is 16.7. The molecule has 0 aliphatic carbocycles. The van der Waals surface area contributed by atoms with Crippen molar-refractivity contribution in [1.82, 2.24) is 10.3 Å². The highest BCUT2D eigenvalue weighted by molar-refractivity contribution is 7.14. The van der Waals surface area contributed by atoms with E-state index in [1.807, 2.05) is 37.3 Å². The first-order chi connectivity index (χ1) is 13.7. The number of benzene rings is 2. The maximum Gasteiger partial charge on any atom is 0.257 e. The SMILES string of the molecule is CCNCc1ccccc1NC(=O)Cc1csc(NC(=O)c2ccccc2)n1. The second kappa shape index (κ2) is 9.77. The molecule has 28 heavy (non-hydrogen) atoms. The van der Waals surface area contributed by atoms with Crippen LogP contribution >= 0.6 is 11.3 Å². The minimum absolute atomic E-state index is 0.143. The van der Waals surface area contributed by atoms with Crippen LogP contribution in [0.15, 0.2) is 60.0 Å². The van der Waals surface area contributed by atoms with Crippen molar-refractivity contribution in [2.75, 3.05) is 17.2 Å². The molecule has 0 saturated heterocycles. The summed E-state index contributed by atoms with van der Waals surface area (Å²) in [5.74, 6) is -0.363. The minimum Gasteiger partial charge on any atom is -0.325 e. The summed E-state index contributed by atoms with van der Waals surface area (Å²) in [5, 5.41) is 11.2. The van der Waals surface area contributed by atoms with Crippen LogP contribution < -0.4 is 16.0 Å². The molecule has 2 aromatic carbocycles. The highest BCUT2D eigenvalue weighted by atomic mass is 32.1. The van der Waals surface area contributed by atoms with Crippen molar-refractivity contribution < 1.29 is 9.59 Å². The molecule has 0 bridgehead atoms. The van der Waals surface area contributed by atoms with E-state index in [1.54, 1.807) is 29.6 Å². The van der Waals surface area contributed by atoms with Crippen molar-refractivity contribution in [3.05, 3.63) is 76.8 Å². The van der Waals surface area contributed by atoms with Gasteiger partial charge in [-0.05, 0) is 30.3 Å². The van der Waals surface area contributed by atoms with E-state index < -0.39 is 0 Å². The molecule has 0 aliphatic heterocycles. The number of nitrogens with zero attached hydrogens (tertiary/aromatic N) is 1. The monoisotopic (exact) mass is 394 g/mol. The van der Waals surface area contributed by atoms with E-state index in [9.17, 15) is 9.59 Å². The van der Waals surface area contributed by atoms with Crippen LogP contribution in [0.1, 0.15) is 28.5 Å². The van der Waals surface area contributed by atoms with E-state index in [-0.39, 0.29) is 18.2 Å². The Kier molecular flexibility index (Phi) is 6.89. The number of aromatic nitrogens is 1. The van der Waals surface area contributed by atoms with E-state index in [0.29, 0.717) is 22.9 Å². The quantitative estimate of drug-likeness (QED) is 0.544. The van der Waals surface area contributed by atoms with Gasteiger partial charge in [0.15, 0.2) is 5.13 Å². The molecule has 0 aliphatic rings. The standard InChI is InChI=1S/C21H22N4O2S/c1-2-22-13-16-10-6-7-11-18(16)24-19(26)12-17-14-28-21(23-17)25-20(27)15-8-4-3-5-9-15/h3-11,14,22H,2,12-13H2,1H3,(H,24,26)(H,23,25,27). The van der Waals surface area contributed by atoms with Gasteiger partial charge in [0, 0.05) is 23.2 Å². The first-order valence-corrected chi connectivity index (χ1v) is 9.93. The summed E-state index contributed by atoms with van der Waals surface area (Å²) in [6.07, 6.45) is 0.146. The van der Waals surface area contributed by atoms with E-state index in [0.717, 1.165) is 17.8 Å². The molecule has 1 aromatic heterocycles. The van der Waals surface area contributed by atoms with Gasteiger partial charge in [-0.3, -0.25) is 14.9 Å². The Balaban J connectivity index is 1.58. The largest absolute Gasteiger partial charge is 0.325 e. The number of hydrogen-bond donors (Lipinski definition) is 3. The van der Waals surface area contributed by atoms with Crippen LogP contribution in [-0.4, -0.2) is 23.3 Å². The van der Waals surface area contributed by atoms with Gasteiger partial charge in [-0.15, -0.1) is 11.3 Å². The lowest BCUT2D eigenvalue weighted by atomic mass is 10.1. The first kappa shape index (κ1) is 19.7. The summed E-state index contributed by atoms with van der Waals surface area (Å²) in [7, 11) is 0. The third kappa shape index (κ3) is 5.48. The molecular weight excluding hydrogens is 372 g/mol. The third-order valence-electron chi connectivity index (χ3n) is 4.01. The van der Waals surface area contributed by atoms with Crippen LogP contribution in [-0.2, 0) is 17.8 Å². The first-order valence-electron chi connectivity index (χ1n) is 9.05. The van der Waals surface area contributed by atoms with Gasteiger partial charge in [-0.1, -0.05) is 43.3 Å². The number of amides is 2. The molecule has 0 atom stereocenters. The minimum atomic E-state index is -0.219. The van der Waals surface area contributed by atoms with Crippen molar-refractivity contribution in [2.45, 2.75) is 19.9 Å². The van der Waals surface area contributed by atoms with Gasteiger partial charge in [0.25, 0.3) is 5.91 Å². The molecule has 0 spiro atoms. The van der Waals surface area contributed by atoms with Gasteiger partial charge in [-0.25, -0.2) is 4.98 Å². The van der Waals surface area contributed by atoms with Crippen LogP contribution in [0.25, 0.3) is 0 Å². The summed E-state index contributed by atoms with van der Waals surface area (Å²) in [4.78, 5) is 28.9. The van der Waals surface area contributed by atoms with E-state index in [1.165, 1.54) is 11.3 Å². The zero-order valence-electron chi connectivity index (χ0n) is 15.6. The molecule has 3 N–H and O–H groups in total. The van der Waals surface area contributed by atoms with Crippen LogP contribution in [0.4, 0.5) is 10.8 Å².